The molecular weight excluding hydrogens is 430 g/mol. The van der Waals surface area contributed by atoms with Gasteiger partial charge in [0.2, 0.25) is 0 Å². The van der Waals surface area contributed by atoms with E-state index in [4.69, 9.17) is 9.72 Å². The number of H-pyrrole nitrogens is 1. The summed E-state index contributed by atoms with van der Waals surface area (Å²) in [5.74, 6) is 2.60. The molecule has 0 bridgehead atoms. The fraction of sp³-hybridized carbons (Fsp3) is 0.455. The van der Waals surface area contributed by atoms with Crippen molar-refractivity contribution in [2.75, 3.05) is 44.7 Å². The van der Waals surface area contributed by atoms with Crippen molar-refractivity contribution in [1.29, 1.82) is 0 Å². The molecule has 29 heavy (non-hydrogen) atoms. The maximum Gasteiger partial charge on any atom is 0.159 e. The molecule has 1 N–H and O–H groups in total. The molecule has 6 nitrogen and oxygen atoms in total. The van der Waals surface area contributed by atoms with Crippen molar-refractivity contribution in [3.05, 3.63) is 34.9 Å². The van der Waals surface area contributed by atoms with Gasteiger partial charge in [0.15, 0.2) is 5.65 Å². The Bertz CT molecular complexity index is 990. The van der Waals surface area contributed by atoms with Crippen LogP contribution in [0.4, 0.5) is 5.69 Å². The third kappa shape index (κ3) is 3.73. The van der Waals surface area contributed by atoms with Crippen molar-refractivity contribution in [2.45, 2.75) is 19.3 Å². The minimum absolute atomic E-state index is 0.825. The molecule has 152 valence electrons. The quantitative estimate of drug-likeness (QED) is 0.620. The SMILES string of the molecule is COc1ccc(-c2nc3c(N4CCN(CC5CCC5)CC4)c(Br)cnc3[nH]2)cc1. The van der Waals surface area contributed by atoms with Gasteiger partial charge in [-0.3, -0.25) is 4.90 Å². The third-order valence-corrected chi connectivity index (χ3v) is 6.82. The molecule has 3 heterocycles. The number of imidazole rings is 1. The molecule has 1 aromatic carbocycles. The van der Waals surface area contributed by atoms with Gasteiger partial charge in [0.05, 0.1) is 17.3 Å². The first-order chi connectivity index (χ1) is 14.2. The maximum absolute atomic E-state index is 5.26. The van der Waals surface area contributed by atoms with Crippen molar-refractivity contribution in [1.82, 2.24) is 19.9 Å². The average Bonchev–Trinajstić information content (AvgIpc) is 3.15. The molecule has 0 radical (unpaired) electrons. The van der Waals surface area contributed by atoms with Gasteiger partial charge in [0, 0.05) is 44.5 Å². The van der Waals surface area contributed by atoms with Crippen molar-refractivity contribution in [3.63, 3.8) is 0 Å². The van der Waals surface area contributed by atoms with E-state index in [-0.39, 0.29) is 0 Å². The lowest BCUT2D eigenvalue weighted by molar-refractivity contribution is 0.170. The van der Waals surface area contributed by atoms with Crippen LogP contribution in [-0.4, -0.2) is 59.7 Å². The van der Waals surface area contributed by atoms with Gasteiger partial charge in [-0.15, -0.1) is 0 Å². The number of aromatic nitrogens is 3. The molecule has 1 saturated carbocycles. The van der Waals surface area contributed by atoms with Crippen molar-refractivity contribution in [2.24, 2.45) is 5.92 Å². The Morgan fingerprint density at radius 1 is 1.14 bits per heavy atom. The van der Waals surface area contributed by atoms with Crippen LogP contribution in [0, 0.1) is 5.92 Å². The number of pyridine rings is 1. The Morgan fingerprint density at radius 3 is 2.55 bits per heavy atom. The second kappa shape index (κ2) is 7.95. The molecule has 1 aliphatic heterocycles. The Labute approximate surface area is 179 Å². The predicted octanol–water partition coefficient (Wildman–Crippen LogP) is 4.32. The lowest BCUT2D eigenvalue weighted by Crippen LogP contribution is -2.48. The van der Waals surface area contributed by atoms with Gasteiger partial charge in [0.25, 0.3) is 0 Å². The zero-order chi connectivity index (χ0) is 19.8. The molecule has 0 spiro atoms. The van der Waals surface area contributed by atoms with Crippen LogP contribution >= 0.6 is 15.9 Å². The second-order valence-corrected chi connectivity index (χ2v) is 8.90. The number of piperazine rings is 1. The standard InChI is InChI=1S/C22H26BrN5O/c1-29-17-7-5-16(6-8-17)21-25-19-20(18(23)13-24-22(19)26-21)28-11-9-27(10-12-28)14-15-3-2-4-15/h5-8,13,15H,2-4,9-12,14H2,1H3,(H,24,25,26). The summed E-state index contributed by atoms with van der Waals surface area (Å²) in [7, 11) is 1.68. The van der Waals surface area contributed by atoms with E-state index in [0.29, 0.717) is 0 Å². The number of anilines is 1. The van der Waals surface area contributed by atoms with E-state index in [1.54, 1.807) is 7.11 Å². The van der Waals surface area contributed by atoms with E-state index in [1.807, 2.05) is 30.5 Å². The normalized spacial score (nSPS) is 18.2. The summed E-state index contributed by atoms with van der Waals surface area (Å²) in [6.07, 6.45) is 6.13. The number of nitrogens with one attached hydrogen (secondary N) is 1. The average molecular weight is 456 g/mol. The first kappa shape index (κ1) is 18.9. The summed E-state index contributed by atoms with van der Waals surface area (Å²) >= 11 is 3.72. The molecule has 2 aliphatic rings. The lowest BCUT2D eigenvalue weighted by atomic mass is 9.85. The summed E-state index contributed by atoms with van der Waals surface area (Å²) in [5.41, 5.74) is 3.93. The fourth-order valence-corrected chi connectivity index (χ4v) is 4.84. The zero-order valence-electron chi connectivity index (χ0n) is 16.7. The molecule has 2 fully saturated rings. The highest BCUT2D eigenvalue weighted by molar-refractivity contribution is 9.10. The number of methoxy groups -OCH3 is 1. The van der Waals surface area contributed by atoms with Crippen LogP contribution < -0.4 is 9.64 Å². The van der Waals surface area contributed by atoms with Crippen LogP contribution in [0.3, 0.4) is 0 Å². The highest BCUT2D eigenvalue weighted by atomic mass is 79.9. The Morgan fingerprint density at radius 2 is 1.90 bits per heavy atom. The monoisotopic (exact) mass is 455 g/mol. The molecule has 7 heteroatoms. The fourth-order valence-electron chi connectivity index (χ4n) is 4.30. The molecule has 1 aliphatic carbocycles. The minimum Gasteiger partial charge on any atom is -0.497 e. The molecule has 5 rings (SSSR count). The summed E-state index contributed by atoms with van der Waals surface area (Å²) in [4.78, 5) is 17.9. The van der Waals surface area contributed by atoms with E-state index in [9.17, 15) is 0 Å². The van der Waals surface area contributed by atoms with Crippen LogP contribution in [0.5, 0.6) is 5.75 Å². The summed E-state index contributed by atoms with van der Waals surface area (Å²) in [6, 6.07) is 7.94. The zero-order valence-corrected chi connectivity index (χ0v) is 18.3. The minimum atomic E-state index is 0.825. The number of fused-ring (bicyclic) bond motifs is 1. The smallest absolute Gasteiger partial charge is 0.159 e. The summed E-state index contributed by atoms with van der Waals surface area (Å²) in [5, 5.41) is 0. The largest absolute Gasteiger partial charge is 0.497 e. The van der Waals surface area contributed by atoms with Gasteiger partial charge in [0.1, 0.15) is 17.1 Å². The number of ether oxygens (including phenoxy) is 1. The van der Waals surface area contributed by atoms with Crippen molar-refractivity contribution < 1.29 is 4.74 Å². The van der Waals surface area contributed by atoms with Crippen LogP contribution in [0.25, 0.3) is 22.6 Å². The highest BCUT2D eigenvalue weighted by Gasteiger charge is 2.26. The summed E-state index contributed by atoms with van der Waals surface area (Å²) < 4.78 is 6.27. The van der Waals surface area contributed by atoms with Gasteiger partial charge in [-0.05, 0) is 59.0 Å². The van der Waals surface area contributed by atoms with Gasteiger partial charge < -0.3 is 14.6 Å². The van der Waals surface area contributed by atoms with Gasteiger partial charge >= 0.3 is 0 Å². The van der Waals surface area contributed by atoms with Gasteiger partial charge in [-0.2, -0.15) is 0 Å². The maximum atomic E-state index is 5.26. The summed E-state index contributed by atoms with van der Waals surface area (Å²) in [6.45, 7) is 5.54. The number of hydrogen-bond donors (Lipinski definition) is 1. The van der Waals surface area contributed by atoms with Gasteiger partial charge in [-0.1, -0.05) is 6.42 Å². The predicted molar refractivity (Wildman–Crippen MR) is 120 cm³/mol. The number of benzene rings is 1. The lowest BCUT2D eigenvalue weighted by Gasteiger charge is -2.39. The van der Waals surface area contributed by atoms with E-state index < -0.39 is 0 Å². The van der Waals surface area contributed by atoms with Crippen LogP contribution in [-0.2, 0) is 0 Å². The van der Waals surface area contributed by atoms with Crippen LogP contribution in [0.2, 0.25) is 0 Å². The molecule has 1 saturated heterocycles. The van der Waals surface area contributed by atoms with E-state index in [2.05, 4.69) is 35.7 Å². The molecular formula is C22H26BrN5O. The number of aromatic amines is 1. The highest BCUT2D eigenvalue weighted by Crippen LogP contribution is 2.35. The van der Waals surface area contributed by atoms with Crippen molar-refractivity contribution >= 4 is 32.8 Å². The van der Waals surface area contributed by atoms with E-state index >= 15 is 0 Å². The first-order valence-corrected chi connectivity index (χ1v) is 11.2. The third-order valence-electron chi connectivity index (χ3n) is 6.24. The molecule has 2 aromatic heterocycles. The van der Waals surface area contributed by atoms with E-state index in [1.165, 1.54) is 25.8 Å². The first-order valence-electron chi connectivity index (χ1n) is 10.4. The van der Waals surface area contributed by atoms with Gasteiger partial charge in [-0.25, -0.2) is 9.97 Å². The topological polar surface area (TPSA) is 57.3 Å². The van der Waals surface area contributed by atoms with Crippen LogP contribution in [0.1, 0.15) is 19.3 Å². The number of rotatable bonds is 5. The van der Waals surface area contributed by atoms with E-state index in [0.717, 1.165) is 70.6 Å². The Hall–Kier alpha value is -2.12. The number of hydrogen-bond acceptors (Lipinski definition) is 5. The molecule has 0 amide bonds. The Kier molecular flexibility index (Phi) is 5.18. The molecule has 3 aromatic rings. The molecule has 0 atom stereocenters. The van der Waals surface area contributed by atoms with Crippen LogP contribution in [0.15, 0.2) is 34.9 Å². The molecule has 0 unspecified atom stereocenters. The van der Waals surface area contributed by atoms with Crippen molar-refractivity contribution in [3.8, 4) is 17.1 Å². The number of nitrogens with zero attached hydrogens (tertiary/aromatic N) is 4. The number of halogens is 1. The Balaban J connectivity index is 1.39. The second-order valence-electron chi connectivity index (χ2n) is 8.05.